The first-order valence-corrected chi connectivity index (χ1v) is 5.92. The Hall–Kier alpha value is -1.49. The molecule has 98 valence electrons. The van der Waals surface area contributed by atoms with Gasteiger partial charge in [0.2, 0.25) is 0 Å². The van der Waals surface area contributed by atoms with Crippen molar-refractivity contribution < 1.29 is 18.7 Å². The van der Waals surface area contributed by atoms with E-state index in [4.69, 9.17) is 5.11 Å². The molecule has 1 aliphatic carbocycles. The number of benzene rings is 1. The van der Waals surface area contributed by atoms with Gasteiger partial charge in [0.05, 0.1) is 5.41 Å². The minimum absolute atomic E-state index is 0.209. The van der Waals surface area contributed by atoms with Gasteiger partial charge in [0.15, 0.2) is 0 Å². The van der Waals surface area contributed by atoms with E-state index in [9.17, 15) is 13.6 Å². The highest BCUT2D eigenvalue weighted by Gasteiger charge is 2.43. The molecule has 0 amide bonds. The molecule has 0 radical (unpaired) electrons. The lowest BCUT2D eigenvalue weighted by Crippen LogP contribution is -2.46. The molecule has 0 atom stereocenters. The zero-order valence-corrected chi connectivity index (χ0v) is 9.88. The molecule has 2 rings (SSSR count). The Labute approximate surface area is 104 Å². The molecule has 1 saturated carbocycles. The van der Waals surface area contributed by atoms with Gasteiger partial charge in [-0.05, 0) is 18.9 Å². The maximum atomic E-state index is 13.3. The standard InChI is InChI=1S/C13H15F2NO2/c14-10-3-2-9(11(15)6-10)7-16-8-13(12(17)18)4-1-5-13/h2-3,6,16H,1,4-5,7-8H2,(H,17,18). The quantitative estimate of drug-likeness (QED) is 0.848. The van der Waals surface area contributed by atoms with E-state index in [-0.39, 0.29) is 6.54 Å². The molecular weight excluding hydrogens is 240 g/mol. The van der Waals surface area contributed by atoms with Crippen LogP contribution in [0.3, 0.4) is 0 Å². The number of carboxylic acids is 1. The first kappa shape index (κ1) is 13.0. The van der Waals surface area contributed by atoms with Crippen LogP contribution in [0.15, 0.2) is 18.2 Å². The molecule has 5 heteroatoms. The predicted octanol–water partition coefficient (Wildman–Crippen LogP) is 2.31. The summed E-state index contributed by atoms with van der Waals surface area (Å²) >= 11 is 0. The van der Waals surface area contributed by atoms with Crippen LogP contribution in [0, 0.1) is 17.0 Å². The fourth-order valence-corrected chi connectivity index (χ4v) is 2.17. The smallest absolute Gasteiger partial charge is 0.310 e. The van der Waals surface area contributed by atoms with Crippen LogP contribution in [0.4, 0.5) is 8.78 Å². The molecular formula is C13H15F2NO2. The van der Waals surface area contributed by atoms with E-state index in [1.54, 1.807) is 0 Å². The molecule has 1 fully saturated rings. The van der Waals surface area contributed by atoms with E-state index in [0.717, 1.165) is 12.5 Å². The third-order valence-electron chi connectivity index (χ3n) is 3.56. The van der Waals surface area contributed by atoms with Crippen LogP contribution in [-0.4, -0.2) is 17.6 Å². The van der Waals surface area contributed by atoms with Crippen molar-refractivity contribution in [3.63, 3.8) is 0 Å². The summed E-state index contributed by atoms with van der Waals surface area (Å²) in [5.41, 5.74) is -0.354. The maximum Gasteiger partial charge on any atom is 0.310 e. The van der Waals surface area contributed by atoms with Gasteiger partial charge in [-0.25, -0.2) is 8.78 Å². The number of aliphatic carboxylic acids is 1. The van der Waals surface area contributed by atoms with Crippen LogP contribution in [0.5, 0.6) is 0 Å². The van der Waals surface area contributed by atoms with Gasteiger partial charge in [0.25, 0.3) is 0 Å². The highest BCUT2D eigenvalue weighted by atomic mass is 19.1. The monoisotopic (exact) mass is 255 g/mol. The van der Waals surface area contributed by atoms with Crippen LogP contribution in [0.2, 0.25) is 0 Å². The Balaban J connectivity index is 1.90. The van der Waals surface area contributed by atoms with Crippen molar-refractivity contribution in [2.24, 2.45) is 5.41 Å². The van der Waals surface area contributed by atoms with E-state index >= 15 is 0 Å². The van der Waals surface area contributed by atoms with Crippen molar-refractivity contribution in [2.45, 2.75) is 25.8 Å². The van der Waals surface area contributed by atoms with Crippen LogP contribution in [-0.2, 0) is 11.3 Å². The largest absolute Gasteiger partial charge is 0.481 e. The first-order valence-electron chi connectivity index (χ1n) is 5.92. The van der Waals surface area contributed by atoms with Crippen LogP contribution in [0.25, 0.3) is 0 Å². The highest BCUT2D eigenvalue weighted by molar-refractivity contribution is 5.76. The van der Waals surface area contributed by atoms with E-state index in [0.29, 0.717) is 24.9 Å². The third-order valence-corrected chi connectivity index (χ3v) is 3.56. The van der Waals surface area contributed by atoms with Gasteiger partial charge in [0, 0.05) is 24.7 Å². The molecule has 1 aromatic rings. The van der Waals surface area contributed by atoms with E-state index in [1.165, 1.54) is 12.1 Å². The second-order valence-electron chi connectivity index (χ2n) is 4.78. The Kier molecular flexibility index (Phi) is 3.61. The summed E-state index contributed by atoms with van der Waals surface area (Å²) in [6.45, 7) is 0.528. The molecule has 0 aliphatic heterocycles. The average molecular weight is 255 g/mol. The van der Waals surface area contributed by atoms with Gasteiger partial charge in [-0.2, -0.15) is 0 Å². The minimum atomic E-state index is -0.805. The van der Waals surface area contributed by atoms with E-state index in [2.05, 4.69) is 5.32 Å². The Morgan fingerprint density at radius 1 is 1.39 bits per heavy atom. The average Bonchev–Trinajstić information content (AvgIpc) is 2.24. The summed E-state index contributed by atoms with van der Waals surface area (Å²) in [6.07, 6.45) is 2.22. The van der Waals surface area contributed by atoms with Crippen molar-refractivity contribution in [3.8, 4) is 0 Å². The number of hydrogen-bond acceptors (Lipinski definition) is 2. The molecule has 0 aromatic heterocycles. The summed E-state index contributed by atoms with van der Waals surface area (Å²) in [5.74, 6) is -2.03. The fraction of sp³-hybridized carbons (Fsp3) is 0.462. The van der Waals surface area contributed by atoms with Crippen molar-refractivity contribution in [1.82, 2.24) is 5.32 Å². The Bertz CT molecular complexity index is 458. The normalized spacial score (nSPS) is 17.2. The van der Waals surface area contributed by atoms with E-state index < -0.39 is 23.0 Å². The summed E-state index contributed by atoms with van der Waals surface area (Å²) in [5, 5.41) is 12.1. The topological polar surface area (TPSA) is 49.3 Å². The molecule has 0 spiro atoms. The second kappa shape index (κ2) is 5.02. The van der Waals surface area contributed by atoms with Crippen LogP contribution >= 0.6 is 0 Å². The van der Waals surface area contributed by atoms with Gasteiger partial charge >= 0.3 is 5.97 Å². The maximum absolute atomic E-state index is 13.3. The molecule has 0 bridgehead atoms. The highest BCUT2D eigenvalue weighted by Crippen LogP contribution is 2.40. The van der Waals surface area contributed by atoms with Crippen molar-refractivity contribution in [3.05, 3.63) is 35.4 Å². The SMILES string of the molecule is O=C(O)C1(CNCc2ccc(F)cc2F)CCC1. The molecule has 1 aliphatic rings. The Morgan fingerprint density at radius 2 is 2.11 bits per heavy atom. The van der Waals surface area contributed by atoms with Gasteiger partial charge in [-0.15, -0.1) is 0 Å². The first-order chi connectivity index (χ1) is 8.53. The van der Waals surface area contributed by atoms with Crippen molar-refractivity contribution in [1.29, 1.82) is 0 Å². The zero-order chi connectivity index (χ0) is 13.2. The summed E-state index contributed by atoms with van der Waals surface area (Å²) in [6, 6.07) is 3.38. The zero-order valence-electron chi connectivity index (χ0n) is 9.88. The lowest BCUT2D eigenvalue weighted by Gasteiger charge is -2.37. The number of carboxylic acid groups (broad SMARTS) is 1. The molecule has 2 N–H and O–H groups in total. The van der Waals surface area contributed by atoms with Crippen molar-refractivity contribution >= 4 is 5.97 Å². The number of rotatable bonds is 5. The number of halogens is 2. The second-order valence-corrected chi connectivity index (χ2v) is 4.78. The molecule has 18 heavy (non-hydrogen) atoms. The Morgan fingerprint density at radius 3 is 2.61 bits per heavy atom. The third kappa shape index (κ3) is 2.51. The number of nitrogens with one attached hydrogen (secondary N) is 1. The van der Waals surface area contributed by atoms with Crippen LogP contribution < -0.4 is 5.32 Å². The summed E-state index contributed by atoms with van der Waals surface area (Å²) in [7, 11) is 0. The van der Waals surface area contributed by atoms with Crippen molar-refractivity contribution in [2.75, 3.05) is 6.54 Å². The lowest BCUT2D eigenvalue weighted by molar-refractivity contribution is -0.154. The van der Waals surface area contributed by atoms with E-state index in [1.807, 2.05) is 0 Å². The minimum Gasteiger partial charge on any atom is -0.481 e. The predicted molar refractivity (Wildman–Crippen MR) is 62.0 cm³/mol. The summed E-state index contributed by atoms with van der Waals surface area (Å²) < 4.78 is 26.0. The van der Waals surface area contributed by atoms with Crippen LogP contribution in [0.1, 0.15) is 24.8 Å². The molecule has 0 unspecified atom stereocenters. The lowest BCUT2D eigenvalue weighted by atomic mass is 9.69. The molecule has 0 saturated heterocycles. The van der Waals surface area contributed by atoms with Gasteiger partial charge in [0.1, 0.15) is 11.6 Å². The summed E-state index contributed by atoms with van der Waals surface area (Å²) in [4.78, 5) is 11.1. The van der Waals surface area contributed by atoms with Gasteiger partial charge in [-0.3, -0.25) is 4.79 Å². The number of hydrogen-bond donors (Lipinski definition) is 2. The molecule has 1 aromatic carbocycles. The molecule has 3 nitrogen and oxygen atoms in total. The van der Waals surface area contributed by atoms with Gasteiger partial charge in [-0.1, -0.05) is 12.5 Å². The van der Waals surface area contributed by atoms with Gasteiger partial charge < -0.3 is 10.4 Å². The fourth-order valence-electron chi connectivity index (χ4n) is 2.17. The molecule has 0 heterocycles. The number of carbonyl (C=O) groups is 1.